The van der Waals surface area contributed by atoms with Crippen molar-refractivity contribution in [2.75, 3.05) is 5.32 Å². The van der Waals surface area contributed by atoms with E-state index in [0.29, 0.717) is 21.3 Å². The molecule has 0 aromatic heterocycles. The molecule has 0 radical (unpaired) electrons. The first kappa shape index (κ1) is 16.1. The van der Waals surface area contributed by atoms with Gasteiger partial charge in [-0.1, -0.05) is 49.8 Å². The predicted octanol–water partition coefficient (Wildman–Crippen LogP) is 5.09. The second kappa shape index (κ2) is 6.38. The lowest BCUT2D eigenvalue weighted by Crippen LogP contribution is -2.28. The number of anilines is 1. The van der Waals surface area contributed by atoms with E-state index in [1.165, 1.54) is 6.07 Å². The van der Waals surface area contributed by atoms with Gasteiger partial charge in [-0.05, 0) is 36.2 Å². The standard InChI is InChI=1S/C18H16ClFN2S/c1-10(2)16-18(23)21-15-8-7-11(19)9-13(15)17(22-16)12-5-3-4-6-14(12)20/h3-10,16H,1-2H3,(H,21,23). The van der Waals surface area contributed by atoms with Gasteiger partial charge in [-0.25, -0.2) is 4.39 Å². The van der Waals surface area contributed by atoms with E-state index in [9.17, 15) is 4.39 Å². The Kier molecular flexibility index (Phi) is 4.46. The van der Waals surface area contributed by atoms with Crippen molar-refractivity contribution in [3.8, 4) is 0 Å². The van der Waals surface area contributed by atoms with Gasteiger partial charge in [-0.15, -0.1) is 0 Å². The normalized spacial score (nSPS) is 17.3. The van der Waals surface area contributed by atoms with Crippen molar-refractivity contribution in [2.45, 2.75) is 19.9 Å². The minimum Gasteiger partial charge on any atom is -0.348 e. The van der Waals surface area contributed by atoms with Crippen molar-refractivity contribution < 1.29 is 4.39 Å². The summed E-state index contributed by atoms with van der Waals surface area (Å²) in [6.07, 6.45) is 0. The third kappa shape index (κ3) is 3.14. The number of benzene rings is 2. The molecule has 0 fully saturated rings. The van der Waals surface area contributed by atoms with Gasteiger partial charge < -0.3 is 5.32 Å². The molecule has 0 spiro atoms. The summed E-state index contributed by atoms with van der Waals surface area (Å²) in [5.74, 6) is -0.117. The highest BCUT2D eigenvalue weighted by Crippen LogP contribution is 2.29. The van der Waals surface area contributed by atoms with E-state index in [-0.39, 0.29) is 17.8 Å². The van der Waals surface area contributed by atoms with Crippen LogP contribution in [-0.4, -0.2) is 16.7 Å². The summed E-state index contributed by atoms with van der Waals surface area (Å²) < 4.78 is 14.4. The van der Waals surface area contributed by atoms with Crippen molar-refractivity contribution in [3.05, 3.63) is 64.4 Å². The molecule has 23 heavy (non-hydrogen) atoms. The Balaban J connectivity index is 2.27. The molecular formula is C18H16ClFN2S. The van der Waals surface area contributed by atoms with Gasteiger partial charge in [-0.2, -0.15) is 0 Å². The number of nitrogens with one attached hydrogen (secondary N) is 1. The predicted molar refractivity (Wildman–Crippen MR) is 98.3 cm³/mol. The Bertz CT molecular complexity index is 801. The number of rotatable bonds is 2. The zero-order chi connectivity index (χ0) is 16.6. The molecule has 2 aromatic carbocycles. The lowest BCUT2D eigenvalue weighted by Gasteiger charge is -2.17. The maximum absolute atomic E-state index is 14.4. The third-order valence-electron chi connectivity index (χ3n) is 3.79. The van der Waals surface area contributed by atoms with Crippen LogP contribution in [0.25, 0.3) is 0 Å². The molecule has 2 aromatic rings. The van der Waals surface area contributed by atoms with Crippen LogP contribution < -0.4 is 5.32 Å². The number of nitrogens with zero attached hydrogens (tertiary/aromatic N) is 1. The maximum Gasteiger partial charge on any atom is 0.132 e. The molecule has 0 amide bonds. The van der Waals surface area contributed by atoms with E-state index >= 15 is 0 Å². The number of fused-ring (bicyclic) bond motifs is 1. The number of halogens is 2. The largest absolute Gasteiger partial charge is 0.348 e. The minimum atomic E-state index is -0.312. The molecule has 3 rings (SSSR count). The summed E-state index contributed by atoms with van der Waals surface area (Å²) in [4.78, 5) is 5.42. The molecule has 0 saturated carbocycles. The summed E-state index contributed by atoms with van der Waals surface area (Å²) in [6.45, 7) is 4.09. The van der Waals surface area contributed by atoms with Gasteiger partial charge in [-0.3, -0.25) is 4.99 Å². The SMILES string of the molecule is CC(C)C1N=C(c2ccccc2F)c2cc(Cl)ccc2NC1=S. The maximum atomic E-state index is 14.4. The average Bonchev–Trinajstić information content (AvgIpc) is 2.64. The highest BCUT2D eigenvalue weighted by molar-refractivity contribution is 7.80. The molecule has 1 heterocycles. The Hall–Kier alpha value is -1.78. The second-order valence-corrected chi connectivity index (χ2v) is 6.70. The molecule has 1 aliphatic heterocycles. The van der Waals surface area contributed by atoms with Gasteiger partial charge in [0.05, 0.1) is 5.71 Å². The first-order chi connectivity index (χ1) is 11.0. The van der Waals surface area contributed by atoms with Crippen LogP contribution in [0.4, 0.5) is 10.1 Å². The Morgan fingerprint density at radius 1 is 1.17 bits per heavy atom. The first-order valence-corrected chi connectivity index (χ1v) is 8.19. The van der Waals surface area contributed by atoms with Gasteiger partial charge in [0.2, 0.25) is 0 Å². The quantitative estimate of drug-likeness (QED) is 0.765. The van der Waals surface area contributed by atoms with Gasteiger partial charge in [0, 0.05) is 21.8 Å². The first-order valence-electron chi connectivity index (χ1n) is 7.41. The van der Waals surface area contributed by atoms with E-state index in [2.05, 4.69) is 5.32 Å². The average molecular weight is 347 g/mol. The molecule has 0 saturated heterocycles. The number of benzodiazepines with no additional fused rings is 1. The molecule has 118 valence electrons. The van der Waals surface area contributed by atoms with Crippen LogP contribution in [0.2, 0.25) is 5.02 Å². The van der Waals surface area contributed by atoms with Gasteiger partial charge in [0.15, 0.2) is 0 Å². The highest BCUT2D eigenvalue weighted by Gasteiger charge is 2.26. The van der Waals surface area contributed by atoms with E-state index in [1.807, 2.05) is 19.9 Å². The fourth-order valence-corrected chi connectivity index (χ4v) is 3.22. The van der Waals surface area contributed by atoms with Crippen LogP contribution >= 0.6 is 23.8 Å². The molecule has 1 atom stereocenters. The topological polar surface area (TPSA) is 24.4 Å². The summed E-state index contributed by atoms with van der Waals surface area (Å²) in [6, 6.07) is 11.8. The molecular weight excluding hydrogens is 331 g/mol. The Morgan fingerprint density at radius 3 is 2.61 bits per heavy atom. The van der Waals surface area contributed by atoms with E-state index < -0.39 is 0 Å². The summed E-state index contributed by atoms with van der Waals surface area (Å²) in [5.41, 5.74) is 2.58. The summed E-state index contributed by atoms with van der Waals surface area (Å²) in [7, 11) is 0. The molecule has 5 heteroatoms. The zero-order valence-corrected chi connectivity index (χ0v) is 14.4. The van der Waals surface area contributed by atoms with Crippen LogP contribution in [0.15, 0.2) is 47.5 Å². The second-order valence-electron chi connectivity index (χ2n) is 5.83. The lowest BCUT2D eigenvalue weighted by molar-refractivity contribution is 0.600. The van der Waals surface area contributed by atoms with Crippen molar-refractivity contribution in [2.24, 2.45) is 10.9 Å². The van der Waals surface area contributed by atoms with Crippen molar-refractivity contribution >= 4 is 40.2 Å². The van der Waals surface area contributed by atoms with Gasteiger partial charge >= 0.3 is 0 Å². The van der Waals surface area contributed by atoms with Crippen molar-refractivity contribution in [1.82, 2.24) is 0 Å². The minimum absolute atomic E-state index is 0.196. The number of thiocarbonyl (C=S) groups is 1. The monoisotopic (exact) mass is 346 g/mol. The van der Waals surface area contributed by atoms with Crippen LogP contribution in [0, 0.1) is 11.7 Å². The molecule has 1 aliphatic rings. The van der Waals surface area contributed by atoms with Gasteiger partial charge in [0.1, 0.15) is 16.8 Å². The van der Waals surface area contributed by atoms with Crippen molar-refractivity contribution in [3.63, 3.8) is 0 Å². The van der Waals surface area contributed by atoms with Crippen LogP contribution in [-0.2, 0) is 0 Å². The lowest BCUT2D eigenvalue weighted by atomic mass is 9.99. The molecule has 1 N–H and O–H groups in total. The fourth-order valence-electron chi connectivity index (χ4n) is 2.62. The molecule has 0 aliphatic carbocycles. The number of aliphatic imine (C=N–C) groups is 1. The van der Waals surface area contributed by atoms with Crippen LogP contribution in [0.1, 0.15) is 25.0 Å². The van der Waals surface area contributed by atoms with Crippen LogP contribution in [0.3, 0.4) is 0 Å². The smallest absolute Gasteiger partial charge is 0.132 e. The number of hydrogen-bond acceptors (Lipinski definition) is 2. The fraction of sp³-hybridized carbons (Fsp3) is 0.222. The molecule has 1 unspecified atom stereocenters. The number of hydrogen-bond donors (Lipinski definition) is 1. The van der Waals surface area contributed by atoms with Gasteiger partial charge in [0.25, 0.3) is 0 Å². The Labute approximate surface area is 145 Å². The van der Waals surface area contributed by atoms with E-state index in [0.717, 1.165) is 11.3 Å². The van der Waals surface area contributed by atoms with Crippen molar-refractivity contribution in [1.29, 1.82) is 0 Å². The summed E-state index contributed by atoms with van der Waals surface area (Å²) in [5, 5.41) is 3.81. The molecule has 0 bridgehead atoms. The van der Waals surface area contributed by atoms with Crippen LogP contribution in [0.5, 0.6) is 0 Å². The summed E-state index contributed by atoms with van der Waals surface area (Å²) >= 11 is 11.6. The van der Waals surface area contributed by atoms with E-state index in [1.54, 1.807) is 30.3 Å². The zero-order valence-electron chi connectivity index (χ0n) is 12.8. The molecule has 2 nitrogen and oxygen atoms in total. The third-order valence-corrected chi connectivity index (χ3v) is 4.37. The highest BCUT2D eigenvalue weighted by atomic mass is 35.5. The van der Waals surface area contributed by atoms with E-state index in [4.69, 9.17) is 28.8 Å². The Morgan fingerprint density at radius 2 is 1.91 bits per heavy atom.